The number of rotatable bonds is 3. The molecule has 0 amide bonds. The lowest BCUT2D eigenvalue weighted by Gasteiger charge is -1.98. The minimum absolute atomic E-state index is 0.280. The smallest absolute Gasteiger partial charge is 0.328 e. The summed E-state index contributed by atoms with van der Waals surface area (Å²) < 4.78 is 13.4. The lowest BCUT2D eigenvalue weighted by atomic mass is 10.1. The van der Waals surface area contributed by atoms with Gasteiger partial charge < -0.3 is 5.11 Å². The number of aliphatic carboxylic acids is 1. The van der Waals surface area contributed by atoms with Crippen molar-refractivity contribution in [2.24, 2.45) is 0 Å². The summed E-state index contributed by atoms with van der Waals surface area (Å²) in [5, 5.41) is 8.31. The molecule has 0 spiro atoms. The lowest BCUT2D eigenvalue weighted by Crippen LogP contribution is -1.86. The number of carbonyl (C=O) groups is 1. The highest BCUT2D eigenvalue weighted by Gasteiger charge is 1.99. The van der Waals surface area contributed by atoms with Gasteiger partial charge in [-0.15, -0.1) is 0 Å². The van der Waals surface area contributed by atoms with Crippen LogP contribution in [0.4, 0.5) is 4.39 Å². The largest absolute Gasteiger partial charge is 0.478 e. The maximum absolute atomic E-state index is 13.4. The van der Waals surface area contributed by atoms with Crippen LogP contribution in [0.2, 0.25) is 0 Å². The first-order valence-corrected chi connectivity index (χ1v) is 4.44. The Morgan fingerprint density at radius 1 is 1.40 bits per heavy atom. The van der Waals surface area contributed by atoms with E-state index >= 15 is 0 Å². The number of benzene rings is 1. The van der Waals surface area contributed by atoms with E-state index in [0.29, 0.717) is 11.1 Å². The Labute approximate surface area is 87.4 Å². The van der Waals surface area contributed by atoms with E-state index < -0.39 is 5.97 Å². The van der Waals surface area contributed by atoms with Gasteiger partial charge in [-0.05, 0) is 12.5 Å². The molecule has 2 nitrogen and oxygen atoms in total. The molecular formula is C12H11FO2. The molecule has 0 unspecified atom stereocenters. The van der Waals surface area contributed by atoms with E-state index in [4.69, 9.17) is 5.11 Å². The minimum atomic E-state index is -1.02. The van der Waals surface area contributed by atoms with E-state index in [-0.39, 0.29) is 5.82 Å². The van der Waals surface area contributed by atoms with E-state index in [2.05, 4.69) is 0 Å². The summed E-state index contributed by atoms with van der Waals surface area (Å²) in [7, 11) is 0. The van der Waals surface area contributed by atoms with Crippen molar-refractivity contribution >= 4 is 12.0 Å². The molecule has 0 saturated heterocycles. The van der Waals surface area contributed by atoms with E-state index in [1.54, 1.807) is 25.1 Å². The van der Waals surface area contributed by atoms with Crippen molar-refractivity contribution in [2.45, 2.75) is 6.92 Å². The van der Waals surface area contributed by atoms with Gasteiger partial charge in [-0.2, -0.15) is 0 Å². The Kier molecular flexibility index (Phi) is 3.80. The number of hydrogen-bond donors (Lipinski definition) is 1. The third-order valence-electron chi connectivity index (χ3n) is 1.85. The van der Waals surface area contributed by atoms with Crippen LogP contribution < -0.4 is 0 Å². The van der Waals surface area contributed by atoms with Crippen LogP contribution in [-0.2, 0) is 4.79 Å². The molecule has 1 aromatic rings. The van der Waals surface area contributed by atoms with Crippen LogP contribution >= 0.6 is 0 Å². The van der Waals surface area contributed by atoms with Gasteiger partial charge in [-0.3, -0.25) is 0 Å². The summed E-state index contributed by atoms with van der Waals surface area (Å²) in [6, 6.07) is 5.06. The lowest BCUT2D eigenvalue weighted by molar-refractivity contribution is -0.131. The predicted molar refractivity (Wildman–Crippen MR) is 56.9 cm³/mol. The maximum Gasteiger partial charge on any atom is 0.328 e. The average molecular weight is 206 g/mol. The Bertz CT molecular complexity index is 420. The molecule has 0 bridgehead atoms. The molecule has 1 N–H and O–H groups in total. The fraction of sp³-hybridized carbons (Fsp3) is 0.0833. The van der Waals surface area contributed by atoms with Gasteiger partial charge in [0.15, 0.2) is 0 Å². The maximum atomic E-state index is 13.4. The number of aryl methyl sites for hydroxylation is 1. The summed E-state index contributed by atoms with van der Waals surface area (Å²) in [6.07, 6.45) is 5.36. The SMILES string of the molecule is Cc1cccc(/C=C/C=C/C(=O)O)c1F. The Morgan fingerprint density at radius 3 is 2.80 bits per heavy atom. The quantitative estimate of drug-likeness (QED) is 0.610. The van der Waals surface area contributed by atoms with Crippen molar-refractivity contribution in [3.05, 3.63) is 53.4 Å². The molecule has 1 rings (SSSR count). The van der Waals surface area contributed by atoms with Crippen molar-refractivity contribution in [1.29, 1.82) is 0 Å². The van der Waals surface area contributed by atoms with Crippen LogP contribution in [0.25, 0.3) is 6.08 Å². The number of hydrogen-bond acceptors (Lipinski definition) is 1. The Balaban J connectivity index is 2.81. The average Bonchev–Trinajstić information content (AvgIpc) is 2.18. The van der Waals surface area contributed by atoms with Crippen molar-refractivity contribution < 1.29 is 14.3 Å². The third-order valence-corrected chi connectivity index (χ3v) is 1.85. The second-order valence-corrected chi connectivity index (χ2v) is 3.03. The fourth-order valence-corrected chi connectivity index (χ4v) is 1.10. The second kappa shape index (κ2) is 5.10. The molecule has 0 saturated carbocycles. The first kappa shape index (κ1) is 11.2. The van der Waals surface area contributed by atoms with E-state index in [9.17, 15) is 9.18 Å². The van der Waals surface area contributed by atoms with Gasteiger partial charge in [0.25, 0.3) is 0 Å². The zero-order chi connectivity index (χ0) is 11.3. The van der Waals surface area contributed by atoms with Crippen molar-refractivity contribution in [3.63, 3.8) is 0 Å². The summed E-state index contributed by atoms with van der Waals surface area (Å²) in [5.41, 5.74) is 1.02. The third kappa shape index (κ3) is 3.38. The molecule has 0 aliphatic rings. The van der Waals surface area contributed by atoms with Gasteiger partial charge in [0.05, 0.1) is 0 Å². The molecule has 0 atom stereocenters. The van der Waals surface area contributed by atoms with Crippen LogP contribution in [0, 0.1) is 12.7 Å². The van der Waals surface area contributed by atoms with Gasteiger partial charge in [0, 0.05) is 11.6 Å². The molecule has 3 heteroatoms. The van der Waals surface area contributed by atoms with Crippen molar-refractivity contribution in [1.82, 2.24) is 0 Å². The first-order valence-electron chi connectivity index (χ1n) is 4.44. The zero-order valence-electron chi connectivity index (χ0n) is 8.27. The highest BCUT2D eigenvalue weighted by Crippen LogP contribution is 2.13. The van der Waals surface area contributed by atoms with E-state index in [1.807, 2.05) is 0 Å². The molecule has 0 aromatic heterocycles. The van der Waals surface area contributed by atoms with Gasteiger partial charge >= 0.3 is 5.97 Å². The minimum Gasteiger partial charge on any atom is -0.478 e. The molecule has 0 fully saturated rings. The summed E-state index contributed by atoms with van der Waals surface area (Å²) in [5.74, 6) is -1.30. The molecule has 0 radical (unpaired) electrons. The number of allylic oxidation sites excluding steroid dienone is 2. The van der Waals surface area contributed by atoms with E-state index in [1.165, 1.54) is 18.2 Å². The number of halogens is 1. The van der Waals surface area contributed by atoms with Crippen molar-refractivity contribution in [3.8, 4) is 0 Å². The second-order valence-electron chi connectivity index (χ2n) is 3.03. The van der Waals surface area contributed by atoms with Crippen LogP contribution in [-0.4, -0.2) is 11.1 Å². The standard InChI is InChI=1S/C12H11FO2/c1-9-5-4-7-10(12(9)13)6-2-3-8-11(14)15/h2-8H,1H3,(H,14,15)/b6-2+,8-3+. The number of carboxylic acids is 1. The normalized spacial score (nSPS) is 11.3. The fourth-order valence-electron chi connectivity index (χ4n) is 1.10. The topological polar surface area (TPSA) is 37.3 Å². The van der Waals surface area contributed by atoms with Crippen molar-refractivity contribution in [2.75, 3.05) is 0 Å². The molecule has 1 aromatic carbocycles. The predicted octanol–water partition coefficient (Wildman–Crippen LogP) is 2.79. The van der Waals surface area contributed by atoms with Gasteiger partial charge in [-0.25, -0.2) is 9.18 Å². The van der Waals surface area contributed by atoms with Crippen LogP contribution in [0.3, 0.4) is 0 Å². The monoisotopic (exact) mass is 206 g/mol. The number of carboxylic acid groups (broad SMARTS) is 1. The summed E-state index contributed by atoms with van der Waals surface area (Å²) >= 11 is 0. The zero-order valence-corrected chi connectivity index (χ0v) is 8.27. The first-order chi connectivity index (χ1) is 7.11. The molecule has 78 valence electrons. The van der Waals surface area contributed by atoms with E-state index in [0.717, 1.165) is 6.08 Å². The Morgan fingerprint density at radius 2 is 2.13 bits per heavy atom. The molecular weight excluding hydrogens is 195 g/mol. The summed E-state index contributed by atoms with van der Waals surface area (Å²) in [4.78, 5) is 10.1. The van der Waals surface area contributed by atoms with Gasteiger partial charge in [0.2, 0.25) is 0 Å². The van der Waals surface area contributed by atoms with Gasteiger partial charge in [0.1, 0.15) is 5.82 Å². The van der Waals surface area contributed by atoms with Gasteiger partial charge in [-0.1, -0.05) is 36.4 Å². The molecule has 0 aliphatic carbocycles. The Hall–Kier alpha value is -1.90. The van der Waals surface area contributed by atoms with Crippen LogP contribution in [0.1, 0.15) is 11.1 Å². The summed E-state index contributed by atoms with van der Waals surface area (Å²) in [6.45, 7) is 1.68. The molecule has 0 aliphatic heterocycles. The molecule has 15 heavy (non-hydrogen) atoms. The van der Waals surface area contributed by atoms with Crippen LogP contribution in [0.15, 0.2) is 36.4 Å². The highest BCUT2D eigenvalue weighted by atomic mass is 19.1. The highest BCUT2D eigenvalue weighted by molar-refractivity contribution is 5.80. The van der Waals surface area contributed by atoms with Crippen LogP contribution in [0.5, 0.6) is 0 Å². The molecule has 0 heterocycles.